The van der Waals surface area contributed by atoms with Gasteiger partial charge in [0, 0.05) is 44.1 Å². The van der Waals surface area contributed by atoms with Gasteiger partial charge in [-0.2, -0.15) is 26.3 Å². The van der Waals surface area contributed by atoms with Crippen molar-refractivity contribution in [3.63, 3.8) is 0 Å². The second-order valence-electron chi connectivity index (χ2n) is 10.1. The van der Waals surface area contributed by atoms with Crippen molar-refractivity contribution in [3.05, 3.63) is 59.9 Å². The molecular formula is C27H31F6N3O7. The Hall–Kier alpha value is -3.92. The number of amides is 1. The van der Waals surface area contributed by atoms with Crippen molar-refractivity contribution in [2.75, 3.05) is 33.3 Å². The van der Waals surface area contributed by atoms with Crippen LogP contribution >= 0.6 is 0 Å². The van der Waals surface area contributed by atoms with Gasteiger partial charge in [0.25, 0.3) is 5.91 Å². The molecule has 2 aliphatic rings. The number of likely N-dealkylation sites (N-methyl/N-ethyl adjacent to an activating group) is 1. The Bertz CT molecular complexity index is 1180. The molecule has 10 nitrogen and oxygen atoms in total. The molecule has 2 fully saturated rings. The Morgan fingerprint density at radius 2 is 1.53 bits per heavy atom. The van der Waals surface area contributed by atoms with E-state index >= 15 is 0 Å². The van der Waals surface area contributed by atoms with E-state index in [1.54, 1.807) is 30.5 Å². The quantitative estimate of drug-likeness (QED) is 0.418. The minimum Gasteiger partial charge on any atom is -0.508 e. The maximum Gasteiger partial charge on any atom is 0.490 e. The summed E-state index contributed by atoms with van der Waals surface area (Å²) in [7, 11) is 2.13. The first-order chi connectivity index (χ1) is 19.9. The second-order valence-corrected chi connectivity index (χ2v) is 10.1. The molecule has 3 N–H and O–H groups in total. The predicted molar refractivity (Wildman–Crippen MR) is 138 cm³/mol. The van der Waals surface area contributed by atoms with Crippen LogP contribution in [0.25, 0.3) is 0 Å². The van der Waals surface area contributed by atoms with Gasteiger partial charge >= 0.3 is 24.3 Å². The van der Waals surface area contributed by atoms with Crippen molar-refractivity contribution in [2.45, 2.75) is 44.3 Å². The smallest absolute Gasteiger partial charge is 0.490 e. The Morgan fingerprint density at radius 1 is 1.00 bits per heavy atom. The molecule has 1 unspecified atom stereocenters. The molecule has 1 atom stereocenters. The van der Waals surface area contributed by atoms with E-state index in [4.69, 9.17) is 24.5 Å². The van der Waals surface area contributed by atoms with Crippen LogP contribution in [0.4, 0.5) is 26.3 Å². The number of halogens is 6. The largest absolute Gasteiger partial charge is 0.508 e. The molecule has 1 aromatic carbocycles. The standard InChI is InChI=1S/C23H29N3O3.2C2HF3O2/c1-25(15-18-3-2-10-24-14-18)16-21-13-23(17-29-21)8-11-26(12-9-23)22(28)19-4-6-20(27)7-5-19;2*3-2(4,5)1(6)7/h2-7,10,14,21,27H,8-9,11-13,15-17H2,1H3;2*(H,6,7). The van der Waals surface area contributed by atoms with Gasteiger partial charge in [-0.05, 0) is 67.6 Å². The molecule has 2 aliphatic heterocycles. The Morgan fingerprint density at radius 3 is 2.00 bits per heavy atom. The number of hydrogen-bond donors (Lipinski definition) is 3. The number of carbonyl (C=O) groups excluding carboxylic acids is 1. The van der Waals surface area contributed by atoms with E-state index in [0.29, 0.717) is 5.56 Å². The second kappa shape index (κ2) is 15.0. The van der Waals surface area contributed by atoms with Crippen molar-refractivity contribution < 1.29 is 60.8 Å². The van der Waals surface area contributed by atoms with Crippen molar-refractivity contribution in [3.8, 4) is 5.75 Å². The number of aromatic hydroxyl groups is 1. The van der Waals surface area contributed by atoms with E-state index in [2.05, 4.69) is 23.0 Å². The number of aromatic nitrogens is 1. The van der Waals surface area contributed by atoms with Gasteiger partial charge in [0.1, 0.15) is 5.75 Å². The van der Waals surface area contributed by atoms with Crippen LogP contribution < -0.4 is 0 Å². The zero-order chi connectivity index (χ0) is 32.4. The lowest BCUT2D eigenvalue weighted by atomic mass is 9.76. The minimum absolute atomic E-state index is 0.0477. The number of piperidine rings is 1. The summed E-state index contributed by atoms with van der Waals surface area (Å²) in [4.78, 5) is 38.9. The van der Waals surface area contributed by atoms with Crippen molar-refractivity contribution in [2.24, 2.45) is 5.41 Å². The molecule has 0 bridgehead atoms. The molecule has 1 spiro atoms. The summed E-state index contributed by atoms with van der Waals surface area (Å²) >= 11 is 0. The van der Waals surface area contributed by atoms with E-state index in [1.165, 1.54) is 5.56 Å². The highest BCUT2D eigenvalue weighted by Crippen LogP contribution is 2.42. The molecule has 1 aromatic heterocycles. The number of hydrogen-bond acceptors (Lipinski definition) is 7. The summed E-state index contributed by atoms with van der Waals surface area (Å²) in [6, 6.07) is 10.6. The van der Waals surface area contributed by atoms with Gasteiger partial charge in [0.2, 0.25) is 0 Å². The van der Waals surface area contributed by atoms with Gasteiger partial charge in [0.15, 0.2) is 0 Å². The molecule has 2 aromatic rings. The highest BCUT2D eigenvalue weighted by molar-refractivity contribution is 5.94. The number of ether oxygens (including phenoxy) is 1. The van der Waals surface area contributed by atoms with Crippen LogP contribution in [0, 0.1) is 5.41 Å². The number of pyridine rings is 1. The monoisotopic (exact) mass is 623 g/mol. The lowest BCUT2D eigenvalue weighted by Crippen LogP contribution is -2.43. The number of likely N-dealkylation sites (tertiary alicyclic amines) is 1. The SMILES string of the molecule is CN(Cc1cccnc1)CC1CC2(CCN(C(=O)c3ccc(O)cc3)CC2)CO1.O=C(O)C(F)(F)F.O=C(O)C(F)(F)F. The first-order valence-corrected chi connectivity index (χ1v) is 12.8. The molecule has 1 amide bonds. The molecule has 4 rings (SSSR count). The fraction of sp³-hybridized carbons (Fsp3) is 0.481. The number of phenolic OH excluding ortho intramolecular Hbond substituents is 1. The fourth-order valence-electron chi connectivity index (χ4n) is 4.55. The summed E-state index contributed by atoms with van der Waals surface area (Å²) in [6.45, 7) is 4.10. The van der Waals surface area contributed by atoms with Crippen LogP contribution in [0.2, 0.25) is 0 Å². The van der Waals surface area contributed by atoms with Crippen LogP contribution in [0.1, 0.15) is 35.2 Å². The minimum atomic E-state index is -5.08. The van der Waals surface area contributed by atoms with Gasteiger partial charge in [0.05, 0.1) is 12.7 Å². The number of aliphatic carboxylic acids is 2. The average Bonchev–Trinajstić information content (AvgIpc) is 3.30. The van der Waals surface area contributed by atoms with Gasteiger partial charge in [-0.15, -0.1) is 0 Å². The van der Waals surface area contributed by atoms with E-state index in [9.17, 15) is 36.2 Å². The fourth-order valence-corrected chi connectivity index (χ4v) is 4.55. The van der Waals surface area contributed by atoms with Crippen LogP contribution in [-0.4, -0.2) is 99.7 Å². The maximum absolute atomic E-state index is 12.7. The van der Waals surface area contributed by atoms with Crippen LogP contribution in [0.5, 0.6) is 5.75 Å². The van der Waals surface area contributed by atoms with Crippen molar-refractivity contribution in [1.29, 1.82) is 0 Å². The molecule has 16 heteroatoms. The zero-order valence-electron chi connectivity index (χ0n) is 22.9. The van der Waals surface area contributed by atoms with Gasteiger partial charge < -0.3 is 25.0 Å². The summed E-state index contributed by atoms with van der Waals surface area (Å²) in [5, 5.41) is 23.7. The number of rotatable bonds is 5. The first-order valence-electron chi connectivity index (χ1n) is 12.8. The van der Waals surface area contributed by atoms with Crippen LogP contribution in [0.15, 0.2) is 48.8 Å². The van der Waals surface area contributed by atoms with Gasteiger partial charge in [-0.25, -0.2) is 9.59 Å². The molecule has 43 heavy (non-hydrogen) atoms. The zero-order valence-corrected chi connectivity index (χ0v) is 22.9. The van der Waals surface area contributed by atoms with Gasteiger partial charge in [-0.3, -0.25) is 14.7 Å². The van der Waals surface area contributed by atoms with E-state index in [1.807, 2.05) is 17.2 Å². The Kier molecular flexibility index (Phi) is 12.3. The molecule has 2 saturated heterocycles. The van der Waals surface area contributed by atoms with Crippen LogP contribution in [-0.2, 0) is 20.9 Å². The van der Waals surface area contributed by atoms with Gasteiger partial charge in [-0.1, -0.05) is 6.07 Å². The number of alkyl halides is 6. The lowest BCUT2D eigenvalue weighted by molar-refractivity contribution is -0.193. The number of carbonyl (C=O) groups is 3. The van der Waals surface area contributed by atoms with E-state index < -0.39 is 24.3 Å². The van der Waals surface area contributed by atoms with Crippen LogP contribution in [0.3, 0.4) is 0 Å². The molecule has 0 radical (unpaired) electrons. The lowest BCUT2D eigenvalue weighted by Gasteiger charge is -2.38. The summed E-state index contributed by atoms with van der Waals surface area (Å²) in [5.74, 6) is -5.28. The molecule has 0 aliphatic carbocycles. The highest BCUT2D eigenvalue weighted by Gasteiger charge is 2.43. The Labute approximate surface area is 242 Å². The third-order valence-electron chi connectivity index (χ3n) is 6.69. The normalized spacial score (nSPS) is 17.9. The molecule has 3 heterocycles. The maximum atomic E-state index is 12.7. The predicted octanol–water partition coefficient (Wildman–Crippen LogP) is 4.20. The number of phenols is 1. The summed E-state index contributed by atoms with van der Waals surface area (Å²) < 4.78 is 69.6. The molecule has 238 valence electrons. The summed E-state index contributed by atoms with van der Waals surface area (Å²) in [6.07, 6.45) is -3.18. The number of carboxylic acid groups (broad SMARTS) is 2. The average molecular weight is 624 g/mol. The number of benzene rings is 1. The Balaban J connectivity index is 0.000000384. The first kappa shape index (κ1) is 35.3. The van der Waals surface area contributed by atoms with Crippen molar-refractivity contribution in [1.82, 2.24) is 14.8 Å². The topological polar surface area (TPSA) is 140 Å². The summed E-state index contributed by atoms with van der Waals surface area (Å²) in [5.41, 5.74) is 2.05. The molecule has 0 saturated carbocycles. The van der Waals surface area contributed by atoms with E-state index in [-0.39, 0.29) is 23.2 Å². The molecular weight excluding hydrogens is 592 g/mol. The van der Waals surface area contributed by atoms with Crippen molar-refractivity contribution >= 4 is 17.8 Å². The van der Waals surface area contributed by atoms with E-state index in [0.717, 1.165) is 52.0 Å². The highest BCUT2D eigenvalue weighted by atomic mass is 19.4. The number of nitrogens with zero attached hydrogens (tertiary/aromatic N) is 3. The number of carboxylic acids is 2. The third-order valence-corrected chi connectivity index (χ3v) is 6.69. The third kappa shape index (κ3) is 11.7.